The Kier molecular flexibility index (Phi) is 5.78. The molecule has 4 N–H and O–H groups in total. The second-order valence-electron chi connectivity index (χ2n) is 7.42. The van der Waals surface area contributed by atoms with E-state index in [1.165, 1.54) is 30.6 Å². The van der Waals surface area contributed by atoms with Gasteiger partial charge >= 0.3 is 12.5 Å². The van der Waals surface area contributed by atoms with Gasteiger partial charge in [0.15, 0.2) is 5.72 Å². The summed E-state index contributed by atoms with van der Waals surface area (Å²) >= 11 is 0. The number of hydrogen-bond acceptors (Lipinski definition) is 7. The van der Waals surface area contributed by atoms with E-state index in [4.69, 9.17) is 10.5 Å². The number of fused-ring (bicyclic) bond motifs is 1. The lowest BCUT2D eigenvalue weighted by Crippen LogP contribution is -2.54. The first-order chi connectivity index (χ1) is 15.2. The Balaban J connectivity index is 1.27. The fraction of sp³-hybridized carbons (Fsp3) is 0.350. The smallest absolute Gasteiger partial charge is 0.428 e. The van der Waals surface area contributed by atoms with Crippen LogP contribution in [0.1, 0.15) is 18.4 Å². The quantitative estimate of drug-likeness (QED) is 0.512. The molecule has 1 saturated heterocycles. The van der Waals surface area contributed by atoms with Crippen LogP contribution in [0.25, 0.3) is 11.0 Å². The largest absolute Gasteiger partial charge is 0.573 e. The second kappa shape index (κ2) is 8.54. The molecule has 12 heteroatoms. The van der Waals surface area contributed by atoms with E-state index in [0.717, 1.165) is 16.9 Å². The maximum absolute atomic E-state index is 12.2. The monoisotopic (exact) mass is 450 g/mol. The van der Waals surface area contributed by atoms with E-state index in [2.05, 4.69) is 29.9 Å². The Morgan fingerprint density at radius 2 is 1.91 bits per heavy atom. The summed E-state index contributed by atoms with van der Waals surface area (Å²) in [6.45, 7) is 1.16. The minimum Gasteiger partial charge on any atom is -0.428 e. The fourth-order valence-electron chi connectivity index (χ4n) is 3.51. The number of aromatic nitrogens is 3. The minimum atomic E-state index is -4.75. The first kappa shape index (κ1) is 21.7. The maximum Gasteiger partial charge on any atom is 0.573 e. The van der Waals surface area contributed by atoms with Crippen molar-refractivity contribution in [2.75, 3.05) is 18.0 Å². The predicted molar refractivity (Wildman–Crippen MR) is 109 cm³/mol. The van der Waals surface area contributed by atoms with Crippen LogP contribution < -0.4 is 20.7 Å². The molecule has 1 fully saturated rings. The molecular weight excluding hydrogens is 429 g/mol. The molecule has 1 aliphatic heterocycles. The predicted octanol–water partition coefficient (Wildman–Crippen LogP) is 3.04. The van der Waals surface area contributed by atoms with Gasteiger partial charge in [-0.1, -0.05) is 12.1 Å². The highest BCUT2D eigenvalue weighted by atomic mass is 19.4. The molecule has 1 aromatic carbocycles. The molecule has 0 atom stereocenters. The van der Waals surface area contributed by atoms with Gasteiger partial charge in [-0.05, 0) is 23.8 Å². The van der Waals surface area contributed by atoms with Crippen LogP contribution in [0.15, 0.2) is 42.9 Å². The Hall–Kier alpha value is -3.54. The standard InChI is InChI=1S/C20H21F3N6O3/c21-20(22,23)31-14-3-1-13(2-4-14)11-26-18(30)32-19(24)6-9-29(10-7-19)17-15-5-8-25-16(15)27-12-28-17/h1-5,8,12H,6-7,9-11,24H2,(H,26,30)(H,25,27,28). The van der Waals surface area contributed by atoms with E-state index in [1.807, 2.05) is 6.07 Å². The van der Waals surface area contributed by atoms with Crippen molar-refractivity contribution in [3.63, 3.8) is 0 Å². The van der Waals surface area contributed by atoms with E-state index < -0.39 is 18.2 Å². The molecule has 170 valence electrons. The molecule has 0 bridgehead atoms. The van der Waals surface area contributed by atoms with Crippen LogP contribution in [0.2, 0.25) is 0 Å². The number of ether oxygens (including phenoxy) is 2. The summed E-state index contributed by atoms with van der Waals surface area (Å²) in [7, 11) is 0. The van der Waals surface area contributed by atoms with E-state index >= 15 is 0 Å². The molecule has 32 heavy (non-hydrogen) atoms. The number of halogens is 3. The number of carbonyl (C=O) groups is 1. The lowest BCUT2D eigenvalue weighted by atomic mass is 10.0. The zero-order valence-electron chi connectivity index (χ0n) is 16.9. The second-order valence-corrected chi connectivity index (χ2v) is 7.42. The third kappa shape index (κ3) is 5.19. The Bertz CT molecular complexity index is 1080. The van der Waals surface area contributed by atoms with Crippen LogP contribution in [0.3, 0.4) is 0 Å². The summed E-state index contributed by atoms with van der Waals surface area (Å²) in [5, 5.41) is 3.47. The number of hydrogen-bond donors (Lipinski definition) is 3. The highest BCUT2D eigenvalue weighted by molar-refractivity contribution is 5.87. The van der Waals surface area contributed by atoms with Gasteiger partial charge in [0.2, 0.25) is 0 Å². The number of rotatable bonds is 5. The summed E-state index contributed by atoms with van der Waals surface area (Å²) in [4.78, 5) is 25.9. The van der Waals surface area contributed by atoms with Gasteiger partial charge < -0.3 is 24.7 Å². The van der Waals surface area contributed by atoms with Crippen LogP contribution in [-0.2, 0) is 11.3 Å². The van der Waals surface area contributed by atoms with Gasteiger partial charge in [0.25, 0.3) is 0 Å². The zero-order valence-corrected chi connectivity index (χ0v) is 16.9. The number of nitrogens with two attached hydrogens (primary N) is 1. The third-order valence-electron chi connectivity index (χ3n) is 5.13. The van der Waals surface area contributed by atoms with Gasteiger partial charge in [0.1, 0.15) is 23.5 Å². The first-order valence-electron chi connectivity index (χ1n) is 9.84. The molecule has 1 amide bonds. The van der Waals surface area contributed by atoms with Gasteiger partial charge in [-0.25, -0.2) is 14.8 Å². The number of benzene rings is 1. The number of piperidine rings is 1. The number of aromatic amines is 1. The zero-order chi connectivity index (χ0) is 22.8. The van der Waals surface area contributed by atoms with Crippen molar-refractivity contribution < 1.29 is 27.4 Å². The molecule has 3 heterocycles. The van der Waals surface area contributed by atoms with Crippen molar-refractivity contribution in [1.82, 2.24) is 20.3 Å². The van der Waals surface area contributed by atoms with Gasteiger partial charge in [-0.2, -0.15) is 0 Å². The number of alkyl halides is 3. The third-order valence-corrected chi connectivity index (χ3v) is 5.13. The number of nitrogens with one attached hydrogen (secondary N) is 2. The molecule has 2 aromatic heterocycles. The Morgan fingerprint density at radius 3 is 2.59 bits per heavy atom. The lowest BCUT2D eigenvalue weighted by Gasteiger charge is -2.38. The molecule has 3 aromatic rings. The molecule has 0 aliphatic carbocycles. The molecule has 0 spiro atoms. The molecular formula is C20H21F3N6O3. The summed E-state index contributed by atoms with van der Waals surface area (Å²) < 4.78 is 45.9. The Morgan fingerprint density at radius 1 is 1.19 bits per heavy atom. The van der Waals surface area contributed by atoms with Gasteiger partial charge in [-0.3, -0.25) is 5.73 Å². The molecule has 4 rings (SSSR count). The number of amides is 1. The number of anilines is 1. The van der Waals surface area contributed by atoms with E-state index in [0.29, 0.717) is 31.5 Å². The van der Waals surface area contributed by atoms with Crippen molar-refractivity contribution in [3.05, 3.63) is 48.4 Å². The van der Waals surface area contributed by atoms with Gasteiger partial charge in [0.05, 0.1) is 5.39 Å². The van der Waals surface area contributed by atoms with E-state index in [1.54, 1.807) is 6.20 Å². The number of nitrogens with zero attached hydrogens (tertiary/aromatic N) is 3. The average molecular weight is 450 g/mol. The summed E-state index contributed by atoms with van der Waals surface area (Å²) in [5.74, 6) is 0.456. The van der Waals surface area contributed by atoms with Gasteiger partial charge in [-0.15, -0.1) is 13.2 Å². The van der Waals surface area contributed by atoms with Crippen molar-refractivity contribution in [1.29, 1.82) is 0 Å². The summed E-state index contributed by atoms with van der Waals surface area (Å²) in [6.07, 6.45) is -1.37. The van der Waals surface area contributed by atoms with Crippen LogP contribution >= 0.6 is 0 Å². The van der Waals surface area contributed by atoms with E-state index in [-0.39, 0.29) is 12.3 Å². The molecule has 1 aliphatic rings. The van der Waals surface area contributed by atoms with E-state index in [9.17, 15) is 18.0 Å². The summed E-state index contributed by atoms with van der Waals surface area (Å²) in [5.41, 5.74) is 6.46. The summed E-state index contributed by atoms with van der Waals surface area (Å²) in [6, 6.07) is 7.08. The lowest BCUT2D eigenvalue weighted by molar-refractivity contribution is -0.274. The topological polar surface area (TPSA) is 118 Å². The van der Waals surface area contributed by atoms with Crippen LogP contribution in [0.5, 0.6) is 5.75 Å². The molecule has 0 unspecified atom stereocenters. The minimum absolute atomic E-state index is 0.0692. The van der Waals surface area contributed by atoms with Crippen LogP contribution in [0, 0.1) is 0 Å². The first-order valence-corrected chi connectivity index (χ1v) is 9.84. The van der Waals surface area contributed by atoms with Crippen molar-refractivity contribution >= 4 is 22.9 Å². The van der Waals surface area contributed by atoms with Crippen molar-refractivity contribution in [3.8, 4) is 5.75 Å². The van der Waals surface area contributed by atoms with Crippen LogP contribution in [0.4, 0.5) is 23.8 Å². The number of H-pyrrole nitrogens is 1. The van der Waals surface area contributed by atoms with Crippen molar-refractivity contribution in [2.45, 2.75) is 31.5 Å². The molecule has 9 nitrogen and oxygen atoms in total. The highest BCUT2D eigenvalue weighted by Gasteiger charge is 2.35. The SMILES string of the molecule is NC1(OC(=O)NCc2ccc(OC(F)(F)F)cc2)CCN(c2ncnc3[nH]ccc23)CC1. The van der Waals surface area contributed by atoms with Crippen LogP contribution in [-0.4, -0.2) is 46.2 Å². The Labute approximate surface area is 180 Å². The highest BCUT2D eigenvalue weighted by Crippen LogP contribution is 2.28. The number of alkyl carbamates (subject to hydrolysis) is 1. The molecule has 0 radical (unpaired) electrons. The average Bonchev–Trinajstić information content (AvgIpc) is 3.22. The van der Waals surface area contributed by atoms with Crippen molar-refractivity contribution in [2.24, 2.45) is 5.73 Å². The molecule has 0 saturated carbocycles. The van der Waals surface area contributed by atoms with Gasteiger partial charge in [0, 0.05) is 38.7 Å². The fourth-order valence-corrected chi connectivity index (χ4v) is 3.51. The normalized spacial score (nSPS) is 16.1. The maximum atomic E-state index is 12.2. The number of carbonyl (C=O) groups excluding carboxylic acids is 1.